The van der Waals surface area contributed by atoms with Crippen LogP contribution in [0.15, 0.2) is 36.4 Å². The largest absolute Gasteiger partial charge is 0.493 e. The maximum absolute atomic E-state index is 5.59. The molecule has 0 fully saturated rings. The summed E-state index contributed by atoms with van der Waals surface area (Å²) in [5.74, 6) is 1.04. The van der Waals surface area contributed by atoms with Gasteiger partial charge in [0.25, 0.3) is 0 Å². The summed E-state index contributed by atoms with van der Waals surface area (Å²) in [5, 5.41) is 3.45. The highest BCUT2D eigenvalue weighted by molar-refractivity contribution is 14.1. The summed E-state index contributed by atoms with van der Waals surface area (Å²) in [6.45, 7) is 2.97. The molecule has 0 radical (unpaired) electrons. The summed E-state index contributed by atoms with van der Waals surface area (Å²) in [6.07, 6.45) is 1.02. The van der Waals surface area contributed by atoms with Crippen LogP contribution in [-0.4, -0.2) is 13.7 Å². The van der Waals surface area contributed by atoms with Crippen LogP contribution in [-0.2, 0) is 6.42 Å². The minimum atomic E-state index is 0.229. The van der Waals surface area contributed by atoms with Crippen molar-refractivity contribution in [3.63, 3.8) is 0 Å². The summed E-state index contributed by atoms with van der Waals surface area (Å²) in [4.78, 5) is 0. The number of fused-ring (bicyclic) bond motifs is 1. The van der Waals surface area contributed by atoms with E-state index >= 15 is 0 Å². The highest BCUT2D eigenvalue weighted by Gasteiger charge is 2.19. The van der Waals surface area contributed by atoms with Crippen LogP contribution in [0.5, 0.6) is 5.75 Å². The van der Waals surface area contributed by atoms with Crippen LogP contribution < -0.4 is 10.1 Å². The van der Waals surface area contributed by atoms with Gasteiger partial charge < -0.3 is 10.1 Å². The number of rotatable bonds is 3. The average Bonchev–Trinajstić information content (AvgIpc) is 2.92. The Kier molecular flexibility index (Phi) is 3.98. The van der Waals surface area contributed by atoms with Gasteiger partial charge in [-0.3, -0.25) is 0 Å². The molecule has 1 unspecified atom stereocenters. The lowest BCUT2D eigenvalue weighted by Gasteiger charge is -2.20. The van der Waals surface area contributed by atoms with Crippen molar-refractivity contribution in [2.45, 2.75) is 19.4 Å². The van der Waals surface area contributed by atoms with E-state index in [0.717, 1.165) is 18.8 Å². The predicted molar refractivity (Wildman–Crippen MR) is 90.4 cm³/mol. The molecule has 1 heterocycles. The minimum Gasteiger partial charge on any atom is -0.493 e. The zero-order chi connectivity index (χ0) is 14.1. The van der Waals surface area contributed by atoms with Crippen molar-refractivity contribution in [3.8, 4) is 5.75 Å². The van der Waals surface area contributed by atoms with Gasteiger partial charge in [0.2, 0.25) is 0 Å². The maximum Gasteiger partial charge on any atom is 0.122 e. The highest BCUT2D eigenvalue weighted by atomic mass is 127. The van der Waals surface area contributed by atoms with E-state index in [0.29, 0.717) is 0 Å². The monoisotopic (exact) mass is 379 g/mol. The van der Waals surface area contributed by atoms with Crippen LogP contribution in [0.3, 0.4) is 0 Å². The maximum atomic E-state index is 5.59. The fourth-order valence-electron chi connectivity index (χ4n) is 2.78. The number of ether oxygens (including phenoxy) is 1. The molecule has 1 aliphatic heterocycles. The minimum absolute atomic E-state index is 0.229. The Bertz CT molecular complexity index is 639. The van der Waals surface area contributed by atoms with E-state index in [-0.39, 0.29) is 6.04 Å². The topological polar surface area (TPSA) is 21.3 Å². The highest BCUT2D eigenvalue weighted by Crippen LogP contribution is 2.32. The molecule has 0 saturated heterocycles. The zero-order valence-electron chi connectivity index (χ0n) is 11.7. The van der Waals surface area contributed by atoms with Crippen molar-refractivity contribution >= 4 is 22.6 Å². The van der Waals surface area contributed by atoms with Gasteiger partial charge in [-0.2, -0.15) is 0 Å². The molecule has 0 amide bonds. The normalized spacial score (nSPS) is 14.8. The number of benzene rings is 2. The first-order valence-electron chi connectivity index (χ1n) is 6.88. The lowest BCUT2D eigenvalue weighted by Crippen LogP contribution is -2.19. The lowest BCUT2D eigenvalue weighted by atomic mass is 9.95. The van der Waals surface area contributed by atoms with Gasteiger partial charge in [-0.05, 0) is 64.9 Å². The fraction of sp³-hybridized carbons (Fsp3) is 0.294. The molecule has 2 aromatic rings. The third-order valence-electron chi connectivity index (χ3n) is 3.87. The van der Waals surface area contributed by atoms with Crippen molar-refractivity contribution < 1.29 is 4.74 Å². The second-order valence-electron chi connectivity index (χ2n) is 5.17. The average molecular weight is 379 g/mol. The van der Waals surface area contributed by atoms with Gasteiger partial charge >= 0.3 is 0 Å². The number of nitrogens with one attached hydrogen (secondary N) is 1. The Labute approximate surface area is 133 Å². The van der Waals surface area contributed by atoms with Crippen molar-refractivity contribution in [2.24, 2.45) is 0 Å². The van der Waals surface area contributed by atoms with Gasteiger partial charge in [0.05, 0.1) is 12.6 Å². The fourth-order valence-corrected chi connectivity index (χ4v) is 3.45. The Hall–Kier alpha value is -1.07. The van der Waals surface area contributed by atoms with Gasteiger partial charge in [0.1, 0.15) is 5.75 Å². The molecule has 20 heavy (non-hydrogen) atoms. The van der Waals surface area contributed by atoms with Gasteiger partial charge in [0, 0.05) is 9.99 Å². The van der Waals surface area contributed by atoms with E-state index in [4.69, 9.17) is 4.74 Å². The number of halogens is 1. The van der Waals surface area contributed by atoms with E-state index in [2.05, 4.69) is 71.2 Å². The standard InChI is InChI=1S/C17H18INO/c1-11-4-3-5-14(16(11)18)17(19-2)13-6-7-15-12(10-13)8-9-20-15/h3-7,10,17,19H,8-9H2,1-2H3. The number of aryl methyl sites for hydroxylation is 1. The van der Waals surface area contributed by atoms with Gasteiger partial charge in [-0.25, -0.2) is 0 Å². The lowest BCUT2D eigenvalue weighted by molar-refractivity contribution is 0.357. The summed E-state index contributed by atoms with van der Waals surface area (Å²) in [5.41, 5.74) is 5.30. The molecule has 0 aromatic heterocycles. The van der Waals surface area contributed by atoms with Crippen LogP contribution >= 0.6 is 22.6 Å². The predicted octanol–water partition coefficient (Wildman–Crippen LogP) is 3.84. The van der Waals surface area contributed by atoms with Crippen molar-refractivity contribution in [3.05, 3.63) is 62.2 Å². The first-order valence-corrected chi connectivity index (χ1v) is 7.96. The molecule has 3 heteroatoms. The molecule has 0 bridgehead atoms. The van der Waals surface area contributed by atoms with E-state index in [9.17, 15) is 0 Å². The van der Waals surface area contributed by atoms with Crippen LogP contribution in [0, 0.1) is 10.5 Å². The third kappa shape index (κ3) is 2.44. The molecule has 0 spiro atoms. The number of hydrogen-bond acceptors (Lipinski definition) is 2. The van der Waals surface area contributed by atoms with E-state index < -0.39 is 0 Å². The Balaban J connectivity index is 2.03. The molecule has 1 N–H and O–H groups in total. The second-order valence-corrected chi connectivity index (χ2v) is 6.24. The Morgan fingerprint density at radius 1 is 1.25 bits per heavy atom. The summed E-state index contributed by atoms with van der Waals surface area (Å²) in [6, 6.07) is 13.3. The summed E-state index contributed by atoms with van der Waals surface area (Å²) < 4.78 is 6.93. The van der Waals surface area contributed by atoms with Gasteiger partial charge in [0.15, 0.2) is 0 Å². The number of hydrogen-bond donors (Lipinski definition) is 1. The molecule has 2 nitrogen and oxygen atoms in total. The van der Waals surface area contributed by atoms with Crippen LogP contribution in [0.4, 0.5) is 0 Å². The summed E-state index contributed by atoms with van der Waals surface area (Å²) >= 11 is 2.44. The van der Waals surface area contributed by atoms with E-state index in [1.165, 1.54) is 25.8 Å². The molecule has 0 aliphatic carbocycles. The molecule has 0 saturated carbocycles. The van der Waals surface area contributed by atoms with Crippen molar-refractivity contribution in [1.29, 1.82) is 0 Å². The van der Waals surface area contributed by atoms with Crippen LogP contribution in [0.2, 0.25) is 0 Å². The smallest absolute Gasteiger partial charge is 0.122 e. The van der Waals surface area contributed by atoms with Crippen LogP contribution in [0.25, 0.3) is 0 Å². The van der Waals surface area contributed by atoms with E-state index in [1.54, 1.807) is 0 Å². The molecule has 1 aliphatic rings. The molecule has 2 aromatic carbocycles. The zero-order valence-corrected chi connectivity index (χ0v) is 13.9. The third-order valence-corrected chi connectivity index (χ3v) is 5.34. The van der Waals surface area contributed by atoms with Crippen molar-refractivity contribution in [2.75, 3.05) is 13.7 Å². The SMILES string of the molecule is CNC(c1ccc2c(c1)CCO2)c1cccc(C)c1I. The van der Waals surface area contributed by atoms with Crippen LogP contribution in [0.1, 0.15) is 28.3 Å². The first-order chi connectivity index (χ1) is 9.70. The van der Waals surface area contributed by atoms with Gasteiger partial charge in [-0.1, -0.05) is 30.3 Å². The molecule has 3 rings (SSSR count). The molecular weight excluding hydrogens is 361 g/mol. The Morgan fingerprint density at radius 2 is 2.10 bits per heavy atom. The molecule has 104 valence electrons. The molecule has 1 atom stereocenters. The quantitative estimate of drug-likeness (QED) is 0.819. The van der Waals surface area contributed by atoms with Gasteiger partial charge in [-0.15, -0.1) is 0 Å². The summed E-state index contributed by atoms with van der Waals surface area (Å²) in [7, 11) is 2.02. The first kappa shape index (κ1) is 13.9. The van der Waals surface area contributed by atoms with E-state index in [1.807, 2.05) is 7.05 Å². The molecular formula is C17H18INO. The second kappa shape index (κ2) is 5.74. The van der Waals surface area contributed by atoms with Crippen molar-refractivity contribution in [1.82, 2.24) is 5.32 Å². The Morgan fingerprint density at radius 3 is 2.90 bits per heavy atom.